The van der Waals surface area contributed by atoms with Gasteiger partial charge in [-0.3, -0.25) is 4.79 Å². The van der Waals surface area contributed by atoms with Crippen LogP contribution in [0.3, 0.4) is 0 Å². The number of aliphatic carboxylic acids is 1. The zero-order chi connectivity index (χ0) is 17.5. The third kappa shape index (κ3) is 7.28. The largest absolute Gasteiger partial charge is 0.480 e. The zero-order valence-electron chi connectivity index (χ0n) is 12.1. The Kier molecular flexibility index (Phi) is 7.89. The molecule has 0 aliphatic heterocycles. The van der Waals surface area contributed by atoms with E-state index in [1.807, 2.05) is 0 Å². The maximum Gasteiger partial charge on any atom is 0.320 e. The fourth-order valence-corrected chi connectivity index (χ4v) is 2.55. The fourth-order valence-electron chi connectivity index (χ4n) is 1.23. The summed E-state index contributed by atoms with van der Waals surface area (Å²) in [5, 5.41) is 19.7. The molecule has 1 aromatic carbocycles. The van der Waals surface area contributed by atoms with E-state index in [0.717, 1.165) is 12.1 Å². The molecule has 0 saturated carbocycles. The van der Waals surface area contributed by atoms with Crippen molar-refractivity contribution in [1.29, 1.82) is 0 Å². The summed E-state index contributed by atoms with van der Waals surface area (Å²) in [6.45, 7) is 3.02. The molecular weight excluding hydrogens is 359 g/mol. The Hall–Kier alpha value is -1.80. The first-order valence-electron chi connectivity index (χ1n) is 6.14. The molecule has 0 aromatic heterocycles. The summed E-state index contributed by atoms with van der Waals surface area (Å²) in [6, 6.07) is 2.83. The van der Waals surface area contributed by atoms with Crippen LogP contribution in [0.2, 0.25) is 0 Å². The molecule has 1 rings (SSSR count). The molecule has 22 heavy (non-hydrogen) atoms. The molecule has 0 fully saturated rings. The number of carbonyl (C=O) groups is 2. The Bertz CT molecular complexity index is 585. The van der Waals surface area contributed by atoms with Crippen LogP contribution in [0.4, 0.5) is 5.69 Å². The first-order chi connectivity index (χ1) is 9.98. The van der Waals surface area contributed by atoms with Gasteiger partial charge in [-0.15, -0.1) is 0 Å². The Balaban J connectivity index is 0.000000534. The van der Waals surface area contributed by atoms with E-state index in [0.29, 0.717) is 6.42 Å². The molecular formula is C12H19AsN2O7. The van der Waals surface area contributed by atoms with E-state index in [4.69, 9.17) is 19.0 Å². The second kappa shape index (κ2) is 8.60. The van der Waals surface area contributed by atoms with Crippen molar-refractivity contribution in [3.05, 3.63) is 18.2 Å². The van der Waals surface area contributed by atoms with Gasteiger partial charge in [0.15, 0.2) is 0 Å². The maximum absolute atomic E-state index is 10.9. The number of carbonyl (C=O) groups excluding carboxylic acids is 1. The van der Waals surface area contributed by atoms with Crippen molar-refractivity contribution < 1.29 is 31.7 Å². The van der Waals surface area contributed by atoms with Gasteiger partial charge in [0.2, 0.25) is 0 Å². The molecule has 7 N–H and O–H groups in total. The van der Waals surface area contributed by atoms with Gasteiger partial charge in [0.1, 0.15) is 6.04 Å². The molecule has 0 radical (unpaired) electrons. The Morgan fingerprint density at radius 1 is 1.36 bits per heavy atom. The van der Waals surface area contributed by atoms with Crippen molar-refractivity contribution in [3.63, 3.8) is 0 Å². The van der Waals surface area contributed by atoms with Gasteiger partial charge in [0.05, 0.1) is 0 Å². The van der Waals surface area contributed by atoms with E-state index < -0.39 is 36.3 Å². The van der Waals surface area contributed by atoms with Gasteiger partial charge < -0.3 is 10.8 Å². The van der Waals surface area contributed by atoms with Gasteiger partial charge in [-0.1, -0.05) is 6.92 Å². The van der Waals surface area contributed by atoms with Crippen LogP contribution in [0, 0.1) is 0 Å². The average Bonchev–Trinajstić information content (AvgIpc) is 2.36. The fraction of sp³-hybridized carbons (Fsp3) is 0.333. The molecule has 1 aromatic rings. The molecule has 1 atom stereocenters. The number of aromatic hydroxyl groups is 1. The van der Waals surface area contributed by atoms with E-state index in [2.05, 4.69) is 5.32 Å². The quantitative estimate of drug-likeness (QED) is 0.352. The molecule has 9 nitrogen and oxygen atoms in total. The van der Waals surface area contributed by atoms with Gasteiger partial charge in [-0.05, 0) is 6.42 Å². The van der Waals surface area contributed by atoms with E-state index in [9.17, 15) is 18.4 Å². The summed E-state index contributed by atoms with van der Waals surface area (Å²) in [5.41, 5.74) is 5.30. The monoisotopic (exact) mass is 378 g/mol. The number of rotatable bonds is 4. The zero-order valence-corrected chi connectivity index (χ0v) is 13.9. The molecule has 0 bridgehead atoms. The summed E-state index contributed by atoms with van der Waals surface area (Å²) in [6.07, 6.45) is 0.495. The topological polar surface area (TPSA) is 170 Å². The van der Waals surface area contributed by atoms with Crippen LogP contribution in [-0.2, 0) is 13.3 Å². The number of benzene rings is 1. The number of nitrogens with one attached hydrogen (secondary N) is 1. The van der Waals surface area contributed by atoms with Crippen molar-refractivity contribution in [2.45, 2.75) is 26.3 Å². The maximum atomic E-state index is 10.9. The number of carboxylic acids is 1. The summed E-state index contributed by atoms with van der Waals surface area (Å²) in [7, 11) is 0. The molecule has 1 unspecified atom stereocenters. The predicted octanol–water partition coefficient (Wildman–Crippen LogP) is -1.28. The summed E-state index contributed by atoms with van der Waals surface area (Å²) >= 11 is -5.09. The third-order valence-corrected chi connectivity index (χ3v) is 4.48. The van der Waals surface area contributed by atoms with Gasteiger partial charge in [0, 0.05) is 0 Å². The molecule has 0 heterocycles. The van der Waals surface area contributed by atoms with E-state index in [1.165, 1.54) is 13.0 Å². The van der Waals surface area contributed by atoms with Crippen LogP contribution in [-0.4, -0.2) is 50.5 Å². The van der Waals surface area contributed by atoms with Crippen molar-refractivity contribution in [2.24, 2.45) is 5.73 Å². The number of amides is 1. The summed E-state index contributed by atoms with van der Waals surface area (Å²) < 4.78 is 28.2. The number of phenols is 1. The van der Waals surface area contributed by atoms with Crippen molar-refractivity contribution >= 4 is 36.1 Å². The number of phenolic OH excluding ortho intramolecular Hbond substituents is 1. The smallest absolute Gasteiger partial charge is 0.320 e. The summed E-state index contributed by atoms with van der Waals surface area (Å²) in [5.74, 6) is -1.78. The molecule has 124 valence electrons. The predicted molar refractivity (Wildman–Crippen MR) is 78.8 cm³/mol. The number of carboxylic acid groups (broad SMARTS) is 1. The molecule has 0 spiro atoms. The third-order valence-electron chi connectivity index (χ3n) is 2.37. The summed E-state index contributed by atoms with van der Waals surface area (Å²) in [4.78, 5) is 20.5. The molecule has 0 saturated heterocycles. The van der Waals surface area contributed by atoms with Crippen LogP contribution in [0.25, 0.3) is 0 Å². The van der Waals surface area contributed by atoms with Gasteiger partial charge in [0.25, 0.3) is 0 Å². The second-order valence-corrected chi connectivity index (χ2v) is 7.58. The minimum absolute atomic E-state index is 0.285. The Morgan fingerprint density at radius 2 is 1.91 bits per heavy atom. The van der Waals surface area contributed by atoms with Crippen LogP contribution in [0.5, 0.6) is 5.75 Å². The first-order valence-corrected chi connectivity index (χ1v) is 9.52. The van der Waals surface area contributed by atoms with Crippen molar-refractivity contribution in [2.75, 3.05) is 5.32 Å². The molecule has 0 aliphatic carbocycles. The van der Waals surface area contributed by atoms with Gasteiger partial charge >= 0.3 is 94.1 Å². The van der Waals surface area contributed by atoms with Gasteiger partial charge in [-0.25, -0.2) is 0 Å². The number of anilines is 1. The Labute approximate surface area is 129 Å². The molecule has 0 aliphatic rings. The molecule has 1 amide bonds. The van der Waals surface area contributed by atoms with Crippen molar-refractivity contribution in [1.82, 2.24) is 0 Å². The van der Waals surface area contributed by atoms with Crippen LogP contribution in [0.15, 0.2) is 18.2 Å². The van der Waals surface area contributed by atoms with Crippen LogP contribution >= 0.6 is 0 Å². The number of nitrogens with two attached hydrogens (primary N) is 1. The Morgan fingerprint density at radius 3 is 2.18 bits per heavy atom. The average molecular weight is 378 g/mol. The number of hydrogen-bond donors (Lipinski definition) is 6. The standard InChI is InChI=1S/C8H10AsNO5.C4H9NO2/c1-5(11)10-6-2-3-7(8(12)4-6)9(13,14)15;1-2-3(5)4(6)7/h2-4,12H,1H3,(H,10,11)(H2,13,14,15);3H,2,5H2,1H3,(H,6,7). The normalized spacial score (nSPS) is 11.9. The van der Waals surface area contributed by atoms with E-state index in [1.54, 1.807) is 6.92 Å². The first kappa shape index (κ1) is 20.2. The minimum atomic E-state index is -5.09. The van der Waals surface area contributed by atoms with E-state index in [-0.39, 0.29) is 11.6 Å². The van der Waals surface area contributed by atoms with Crippen molar-refractivity contribution in [3.8, 4) is 5.75 Å². The minimum Gasteiger partial charge on any atom is -0.480 e. The van der Waals surface area contributed by atoms with E-state index >= 15 is 0 Å². The SMILES string of the molecule is CC(=O)Nc1ccc([As](=O)(O)O)c(O)c1.CCC(N)C(=O)O. The van der Waals surface area contributed by atoms with Crippen LogP contribution in [0.1, 0.15) is 20.3 Å². The number of hydrogen-bond acceptors (Lipinski definition) is 5. The van der Waals surface area contributed by atoms with Crippen LogP contribution < -0.4 is 15.4 Å². The second-order valence-electron chi connectivity index (χ2n) is 4.28. The molecule has 10 heteroatoms. The van der Waals surface area contributed by atoms with Gasteiger partial charge in [-0.2, -0.15) is 0 Å².